The van der Waals surface area contributed by atoms with Gasteiger partial charge in [-0.2, -0.15) is 0 Å². The van der Waals surface area contributed by atoms with Crippen LogP contribution < -0.4 is 0 Å². The Bertz CT molecular complexity index is 246. The fourth-order valence-electron chi connectivity index (χ4n) is 3.07. The van der Waals surface area contributed by atoms with Gasteiger partial charge in [-0.05, 0) is 27.3 Å². The molecule has 3 heteroatoms. The van der Waals surface area contributed by atoms with E-state index in [0.717, 1.165) is 32.8 Å². The Morgan fingerprint density at radius 3 is 2.50 bits per heavy atom. The van der Waals surface area contributed by atoms with Crippen LogP contribution in [0.2, 0.25) is 0 Å². The summed E-state index contributed by atoms with van der Waals surface area (Å²) in [7, 11) is 2.20. The molecular weight excluding hydrogens is 200 g/mol. The molecule has 2 heterocycles. The molecule has 0 aliphatic carbocycles. The fourth-order valence-corrected chi connectivity index (χ4v) is 3.07. The summed E-state index contributed by atoms with van der Waals surface area (Å²) in [6.07, 6.45) is 2.54. The molecule has 0 aromatic rings. The van der Waals surface area contributed by atoms with Crippen molar-refractivity contribution in [1.29, 1.82) is 0 Å². The lowest BCUT2D eigenvalue weighted by molar-refractivity contribution is -0.202. The lowest BCUT2D eigenvalue weighted by Gasteiger charge is -2.58. The molecule has 0 saturated carbocycles. The Balaban J connectivity index is 1.88. The van der Waals surface area contributed by atoms with Gasteiger partial charge in [-0.1, -0.05) is 13.3 Å². The van der Waals surface area contributed by atoms with Gasteiger partial charge in [0.05, 0.1) is 6.61 Å². The van der Waals surface area contributed by atoms with Crippen LogP contribution in [0.15, 0.2) is 0 Å². The Morgan fingerprint density at radius 1 is 1.25 bits per heavy atom. The van der Waals surface area contributed by atoms with Crippen molar-refractivity contribution >= 4 is 0 Å². The van der Waals surface area contributed by atoms with E-state index in [1.165, 1.54) is 12.8 Å². The molecule has 0 amide bonds. The summed E-state index contributed by atoms with van der Waals surface area (Å²) in [5.41, 5.74) is 0.497. The SMILES string of the molecule is CCCC(C)(C)N1CC2(CN(C)CCO2)C1. The van der Waals surface area contributed by atoms with Crippen molar-refractivity contribution in [3.05, 3.63) is 0 Å². The van der Waals surface area contributed by atoms with Gasteiger partial charge in [-0.3, -0.25) is 4.90 Å². The van der Waals surface area contributed by atoms with Crippen LogP contribution in [0.4, 0.5) is 0 Å². The van der Waals surface area contributed by atoms with Gasteiger partial charge < -0.3 is 9.64 Å². The average Bonchev–Trinajstić information content (AvgIpc) is 2.13. The molecule has 3 nitrogen and oxygen atoms in total. The minimum atomic E-state index is 0.151. The van der Waals surface area contributed by atoms with Crippen LogP contribution in [0.25, 0.3) is 0 Å². The highest BCUT2D eigenvalue weighted by Gasteiger charge is 2.50. The van der Waals surface area contributed by atoms with Gasteiger partial charge in [0.1, 0.15) is 5.60 Å². The van der Waals surface area contributed by atoms with Gasteiger partial charge in [-0.15, -0.1) is 0 Å². The molecule has 0 atom stereocenters. The van der Waals surface area contributed by atoms with E-state index < -0.39 is 0 Å². The largest absolute Gasteiger partial charge is 0.370 e. The highest BCUT2D eigenvalue weighted by atomic mass is 16.5. The Morgan fingerprint density at radius 2 is 1.94 bits per heavy atom. The average molecular weight is 226 g/mol. The standard InChI is InChI=1S/C13H26N2O/c1-5-6-12(2,3)15-10-13(11-15)9-14(4)7-8-16-13/h5-11H2,1-4H3. The van der Waals surface area contributed by atoms with E-state index >= 15 is 0 Å². The topological polar surface area (TPSA) is 15.7 Å². The van der Waals surface area contributed by atoms with Crippen molar-refractivity contribution in [3.8, 4) is 0 Å². The predicted octanol–water partition coefficient (Wildman–Crippen LogP) is 1.58. The molecule has 0 unspecified atom stereocenters. The number of nitrogens with zero attached hydrogens (tertiary/aromatic N) is 2. The number of rotatable bonds is 3. The Labute approximate surface area is 99.7 Å². The van der Waals surface area contributed by atoms with Crippen molar-refractivity contribution in [2.24, 2.45) is 0 Å². The molecule has 0 N–H and O–H groups in total. The van der Waals surface area contributed by atoms with E-state index in [1.807, 2.05) is 0 Å². The summed E-state index contributed by atoms with van der Waals surface area (Å²) in [6, 6.07) is 0. The van der Waals surface area contributed by atoms with Gasteiger partial charge in [0, 0.05) is 31.7 Å². The van der Waals surface area contributed by atoms with Crippen molar-refractivity contribution in [2.45, 2.75) is 44.8 Å². The molecule has 0 aromatic carbocycles. The molecule has 2 saturated heterocycles. The lowest BCUT2D eigenvalue weighted by Crippen LogP contribution is -2.73. The third kappa shape index (κ3) is 2.27. The summed E-state index contributed by atoms with van der Waals surface area (Å²) in [5.74, 6) is 0. The second kappa shape index (κ2) is 4.28. The molecule has 2 aliphatic heterocycles. The van der Waals surface area contributed by atoms with Crippen LogP contribution in [-0.2, 0) is 4.74 Å². The Hall–Kier alpha value is -0.120. The summed E-state index contributed by atoms with van der Waals surface area (Å²) >= 11 is 0. The first-order valence-electron chi connectivity index (χ1n) is 6.55. The monoisotopic (exact) mass is 226 g/mol. The first-order valence-corrected chi connectivity index (χ1v) is 6.55. The molecule has 16 heavy (non-hydrogen) atoms. The van der Waals surface area contributed by atoms with E-state index in [4.69, 9.17) is 4.74 Å². The molecule has 2 aliphatic rings. The van der Waals surface area contributed by atoms with Gasteiger partial charge in [0.2, 0.25) is 0 Å². The zero-order chi connectivity index (χ0) is 11.8. The highest BCUT2D eigenvalue weighted by Crippen LogP contribution is 2.35. The molecule has 1 spiro atoms. The zero-order valence-electron chi connectivity index (χ0n) is 11.3. The molecule has 2 fully saturated rings. The summed E-state index contributed by atoms with van der Waals surface area (Å²) in [6.45, 7) is 12.3. The highest BCUT2D eigenvalue weighted by molar-refractivity contribution is 5.05. The maximum atomic E-state index is 5.99. The van der Waals surface area contributed by atoms with Crippen LogP contribution in [0, 0.1) is 0 Å². The number of likely N-dealkylation sites (tertiary alicyclic amines) is 1. The van der Waals surface area contributed by atoms with Crippen LogP contribution in [0.1, 0.15) is 33.6 Å². The van der Waals surface area contributed by atoms with E-state index in [1.54, 1.807) is 0 Å². The van der Waals surface area contributed by atoms with E-state index in [2.05, 4.69) is 37.6 Å². The van der Waals surface area contributed by atoms with E-state index in [9.17, 15) is 0 Å². The van der Waals surface area contributed by atoms with Crippen molar-refractivity contribution in [1.82, 2.24) is 9.80 Å². The normalized spacial score (nSPS) is 27.0. The minimum Gasteiger partial charge on any atom is -0.370 e. The molecular formula is C13H26N2O. The van der Waals surface area contributed by atoms with Gasteiger partial charge in [-0.25, -0.2) is 0 Å². The first-order chi connectivity index (χ1) is 7.47. The smallest absolute Gasteiger partial charge is 0.106 e. The maximum Gasteiger partial charge on any atom is 0.106 e. The summed E-state index contributed by atoms with van der Waals surface area (Å²) in [4.78, 5) is 4.98. The number of likely N-dealkylation sites (N-methyl/N-ethyl adjacent to an activating group) is 1. The van der Waals surface area contributed by atoms with Crippen molar-refractivity contribution in [2.75, 3.05) is 39.8 Å². The van der Waals surface area contributed by atoms with E-state index in [0.29, 0.717) is 5.54 Å². The molecule has 2 rings (SSSR count). The molecule has 0 bridgehead atoms. The van der Waals surface area contributed by atoms with Crippen LogP contribution in [0.3, 0.4) is 0 Å². The predicted molar refractivity (Wildman–Crippen MR) is 66.7 cm³/mol. The second-order valence-corrected chi connectivity index (χ2v) is 6.19. The summed E-state index contributed by atoms with van der Waals surface area (Å²) in [5, 5.41) is 0. The first kappa shape index (κ1) is 12.3. The molecule has 0 aromatic heterocycles. The fraction of sp³-hybridized carbons (Fsp3) is 1.00. The van der Waals surface area contributed by atoms with Gasteiger partial charge in [0.25, 0.3) is 0 Å². The zero-order valence-corrected chi connectivity index (χ0v) is 11.3. The van der Waals surface area contributed by atoms with Crippen molar-refractivity contribution < 1.29 is 4.74 Å². The van der Waals surface area contributed by atoms with Gasteiger partial charge in [0.15, 0.2) is 0 Å². The van der Waals surface area contributed by atoms with E-state index in [-0.39, 0.29) is 5.60 Å². The molecule has 94 valence electrons. The number of morpholine rings is 1. The number of hydrogen-bond acceptors (Lipinski definition) is 3. The van der Waals surface area contributed by atoms with Gasteiger partial charge >= 0.3 is 0 Å². The van der Waals surface area contributed by atoms with Crippen LogP contribution in [0.5, 0.6) is 0 Å². The third-order valence-electron chi connectivity index (χ3n) is 4.12. The molecule has 0 radical (unpaired) electrons. The second-order valence-electron chi connectivity index (χ2n) is 6.19. The minimum absolute atomic E-state index is 0.151. The Kier molecular flexibility index (Phi) is 3.30. The summed E-state index contributed by atoms with van der Waals surface area (Å²) < 4.78 is 5.99. The lowest BCUT2D eigenvalue weighted by atomic mass is 9.84. The maximum absolute atomic E-state index is 5.99. The quantitative estimate of drug-likeness (QED) is 0.727. The number of ether oxygens (including phenoxy) is 1. The number of hydrogen-bond donors (Lipinski definition) is 0. The van der Waals surface area contributed by atoms with Crippen LogP contribution >= 0.6 is 0 Å². The van der Waals surface area contributed by atoms with Crippen molar-refractivity contribution in [3.63, 3.8) is 0 Å². The third-order valence-corrected chi connectivity index (χ3v) is 4.12. The van der Waals surface area contributed by atoms with Crippen LogP contribution in [-0.4, -0.2) is 60.8 Å².